The molecule has 154 valence electrons. The first-order chi connectivity index (χ1) is 14.1. The molecule has 3 rings (SSSR count). The highest BCUT2D eigenvalue weighted by Crippen LogP contribution is 2.43. The molecule has 0 radical (unpaired) electrons. The minimum atomic E-state index is -0.503. The number of carbonyl (C=O) groups excluding carboxylic acids is 1. The van der Waals surface area contributed by atoms with Gasteiger partial charge in [0.25, 0.3) is 0 Å². The van der Waals surface area contributed by atoms with Crippen molar-refractivity contribution >= 4 is 11.4 Å². The van der Waals surface area contributed by atoms with Crippen molar-refractivity contribution < 1.29 is 18.7 Å². The Bertz CT molecular complexity index is 890. The van der Waals surface area contributed by atoms with E-state index in [0.29, 0.717) is 35.8 Å². The monoisotopic (exact) mass is 397 g/mol. The summed E-state index contributed by atoms with van der Waals surface area (Å²) in [4.78, 5) is 13.3. The Balaban J connectivity index is 2.07. The van der Waals surface area contributed by atoms with Gasteiger partial charge in [-0.25, -0.2) is 4.39 Å². The van der Waals surface area contributed by atoms with Gasteiger partial charge < -0.3 is 15.2 Å². The summed E-state index contributed by atoms with van der Waals surface area (Å²) in [6.45, 7) is 3.15. The van der Waals surface area contributed by atoms with E-state index in [9.17, 15) is 9.18 Å². The Morgan fingerprint density at radius 1 is 1.10 bits per heavy atom. The quantitative estimate of drug-likeness (QED) is 0.597. The summed E-state index contributed by atoms with van der Waals surface area (Å²) in [6.07, 6.45) is 5.35. The lowest BCUT2D eigenvalue weighted by atomic mass is 9.78. The van der Waals surface area contributed by atoms with Crippen LogP contribution in [-0.2, 0) is 0 Å². The molecular formula is C24H28FNO3. The second-order valence-electron chi connectivity index (χ2n) is 7.21. The van der Waals surface area contributed by atoms with Gasteiger partial charge in [0.2, 0.25) is 0 Å². The third-order valence-electron chi connectivity index (χ3n) is 5.20. The van der Waals surface area contributed by atoms with Gasteiger partial charge in [-0.3, -0.25) is 4.79 Å². The van der Waals surface area contributed by atoms with Gasteiger partial charge in [0.05, 0.1) is 19.3 Å². The molecular weight excluding hydrogens is 369 g/mol. The fraction of sp³-hybridized carbons (Fsp3) is 0.375. The smallest absolute Gasteiger partial charge is 0.196 e. The van der Waals surface area contributed by atoms with E-state index in [0.717, 1.165) is 31.2 Å². The predicted molar refractivity (Wildman–Crippen MR) is 113 cm³/mol. The first-order valence-electron chi connectivity index (χ1n) is 10.2. The maximum absolute atomic E-state index is 14.8. The Kier molecular flexibility index (Phi) is 7.04. The average Bonchev–Trinajstić information content (AvgIpc) is 2.74. The Morgan fingerprint density at radius 3 is 2.52 bits per heavy atom. The van der Waals surface area contributed by atoms with Gasteiger partial charge in [-0.1, -0.05) is 31.6 Å². The van der Waals surface area contributed by atoms with Gasteiger partial charge in [0.1, 0.15) is 17.3 Å². The fourth-order valence-corrected chi connectivity index (χ4v) is 3.74. The molecule has 0 aromatic heterocycles. The van der Waals surface area contributed by atoms with Crippen LogP contribution in [0.1, 0.15) is 60.0 Å². The van der Waals surface area contributed by atoms with E-state index in [2.05, 4.69) is 0 Å². The predicted octanol–water partition coefficient (Wildman–Crippen LogP) is 5.12. The number of benzene rings is 2. The van der Waals surface area contributed by atoms with Gasteiger partial charge in [-0.15, -0.1) is 0 Å². The molecule has 1 atom stereocenters. The molecule has 1 aliphatic rings. The maximum Gasteiger partial charge on any atom is 0.196 e. The molecule has 2 N–H and O–H groups in total. The Morgan fingerprint density at radius 2 is 1.86 bits per heavy atom. The van der Waals surface area contributed by atoms with Gasteiger partial charge in [-0.2, -0.15) is 0 Å². The number of unbranched alkanes of at least 4 members (excludes halogenated alkanes) is 1. The Labute approximate surface area is 171 Å². The molecule has 1 aliphatic carbocycles. The standard InChI is InChI=1S/C24H28FNO3/c1-3-14-29-21-12-11-20(25)23-22(21)17(6-4-5-13-26)15-19(24(23)27)16-7-9-18(28-2)10-8-16/h7-12,15,17H,3-6,13-14,26H2,1-2H3. The first-order valence-corrected chi connectivity index (χ1v) is 10.2. The van der Waals surface area contributed by atoms with E-state index in [4.69, 9.17) is 15.2 Å². The summed E-state index contributed by atoms with van der Waals surface area (Å²) >= 11 is 0. The fourth-order valence-electron chi connectivity index (χ4n) is 3.74. The van der Waals surface area contributed by atoms with Crippen molar-refractivity contribution in [2.75, 3.05) is 20.3 Å². The highest BCUT2D eigenvalue weighted by atomic mass is 19.1. The lowest BCUT2D eigenvalue weighted by Crippen LogP contribution is -2.19. The molecule has 2 aromatic rings. The number of hydrogen-bond acceptors (Lipinski definition) is 4. The molecule has 29 heavy (non-hydrogen) atoms. The van der Waals surface area contributed by atoms with Gasteiger partial charge in [0, 0.05) is 17.1 Å². The number of ether oxygens (including phenoxy) is 2. The first kappa shape index (κ1) is 21.1. The van der Waals surface area contributed by atoms with Crippen molar-refractivity contribution in [1.82, 2.24) is 0 Å². The molecule has 0 saturated heterocycles. The highest BCUT2D eigenvalue weighted by molar-refractivity contribution is 6.30. The van der Waals surface area contributed by atoms with Gasteiger partial charge in [-0.05, 0) is 55.6 Å². The number of rotatable bonds is 9. The molecule has 1 unspecified atom stereocenters. The number of halogens is 1. The minimum Gasteiger partial charge on any atom is -0.497 e. The zero-order valence-corrected chi connectivity index (χ0v) is 17.0. The van der Waals surface area contributed by atoms with Crippen LogP contribution in [0.4, 0.5) is 4.39 Å². The molecule has 0 spiro atoms. The number of allylic oxidation sites excluding steroid dienone is 2. The minimum absolute atomic E-state index is 0.103. The van der Waals surface area contributed by atoms with E-state index >= 15 is 0 Å². The summed E-state index contributed by atoms with van der Waals surface area (Å²) in [5, 5.41) is 0. The molecule has 2 aromatic carbocycles. The van der Waals surface area contributed by atoms with Crippen molar-refractivity contribution in [3.05, 3.63) is 65.0 Å². The highest BCUT2D eigenvalue weighted by Gasteiger charge is 2.33. The molecule has 0 saturated carbocycles. The second kappa shape index (κ2) is 9.70. The average molecular weight is 397 g/mol. The van der Waals surface area contributed by atoms with Crippen LogP contribution in [0, 0.1) is 5.82 Å². The van der Waals surface area contributed by atoms with Crippen molar-refractivity contribution in [3.8, 4) is 11.5 Å². The van der Waals surface area contributed by atoms with Crippen LogP contribution >= 0.6 is 0 Å². The number of fused-ring (bicyclic) bond motifs is 1. The summed E-state index contributed by atoms with van der Waals surface area (Å²) < 4.78 is 25.9. The molecule has 5 heteroatoms. The molecule has 0 amide bonds. The second-order valence-corrected chi connectivity index (χ2v) is 7.21. The molecule has 0 fully saturated rings. The normalized spacial score (nSPS) is 15.7. The largest absolute Gasteiger partial charge is 0.497 e. The number of nitrogens with two attached hydrogens (primary N) is 1. The number of carbonyl (C=O) groups is 1. The zero-order chi connectivity index (χ0) is 20.8. The van der Waals surface area contributed by atoms with Crippen LogP contribution < -0.4 is 15.2 Å². The van der Waals surface area contributed by atoms with Crippen LogP contribution in [0.3, 0.4) is 0 Å². The van der Waals surface area contributed by atoms with Crippen LogP contribution in [0.25, 0.3) is 5.57 Å². The lowest BCUT2D eigenvalue weighted by molar-refractivity contribution is 0.104. The number of hydrogen-bond donors (Lipinski definition) is 1. The van der Waals surface area contributed by atoms with Crippen molar-refractivity contribution in [2.45, 2.75) is 38.5 Å². The number of methoxy groups -OCH3 is 1. The van der Waals surface area contributed by atoms with E-state index in [1.165, 1.54) is 6.07 Å². The third-order valence-corrected chi connectivity index (χ3v) is 5.20. The number of ketones is 1. The van der Waals surface area contributed by atoms with Crippen molar-refractivity contribution in [2.24, 2.45) is 5.73 Å². The van der Waals surface area contributed by atoms with E-state index in [1.807, 2.05) is 25.1 Å². The SMILES string of the molecule is CCCOc1ccc(F)c2c1C(CCCCN)C=C(c1ccc(OC)cc1)C2=O. The van der Waals surface area contributed by atoms with Gasteiger partial charge in [0.15, 0.2) is 5.78 Å². The molecule has 4 nitrogen and oxygen atoms in total. The van der Waals surface area contributed by atoms with Gasteiger partial charge >= 0.3 is 0 Å². The van der Waals surface area contributed by atoms with E-state index in [-0.39, 0.29) is 17.3 Å². The van der Waals surface area contributed by atoms with Crippen LogP contribution in [0.15, 0.2) is 42.5 Å². The van der Waals surface area contributed by atoms with E-state index in [1.54, 1.807) is 25.3 Å². The molecule has 0 heterocycles. The van der Waals surface area contributed by atoms with Crippen molar-refractivity contribution in [3.63, 3.8) is 0 Å². The van der Waals surface area contributed by atoms with Crippen LogP contribution in [0.2, 0.25) is 0 Å². The maximum atomic E-state index is 14.8. The summed E-state index contributed by atoms with van der Waals surface area (Å²) in [5.74, 6) is 0.392. The van der Waals surface area contributed by atoms with Crippen LogP contribution in [-0.4, -0.2) is 26.0 Å². The number of Topliss-reactive ketones (excluding diaryl/α,β-unsaturated/α-hetero) is 1. The van der Waals surface area contributed by atoms with Crippen molar-refractivity contribution in [1.29, 1.82) is 0 Å². The Hall–Kier alpha value is -2.66. The van der Waals surface area contributed by atoms with Crippen LogP contribution in [0.5, 0.6) is 11.5 Å². The summed E-state index contributed by atoms with van der Waals surface area (Å²) in [6, 6.07) is 10.2. The summed E-state index contributed by atoms with van der Waals surface area (Å²) in [5.41, 5.74) is 7.73. The molecule has 0 bridgehead atoms. The topological polar surface area (TPSA) is 61.6 Å². The zero-order valence-electron chi connectivity index (χ0n) is 17.0. The third kappa shape index (κ3) is 4.51. The molecule has 0 aliphatic heterocycles. The summed E-state index contributed by atoms with van der Waals surface area (Å²) in [7, 11) is 1.59. The lowest BCUT2D eigenvalue weighted by Gasteiger charge is -2.27. The van der Waals surface area contributed by atoms with E-state index < -0.39 is 5.82 Å².